The molecule has 3 atom stereocenters. The van der Waals surface area contributed by atoms with E-state index in [9.17, 15) is 29.4 Å². The van der Waals surface area contributed by atoms with Crippen LogP contribution < -0.4 is 5.32 Å². The molecule has 0 saturated carbocycles. The highest BCUT2D eigenvalue weighted by Gasteiger charge is 2.54. The van der Waals surface area contributed by atoms with Gasteiger partial charge in [-0.3, -0.25) is 19.3 Å². The Morgan fingerprint density at radius 1 is 1.23 bits per heavy atom. The molecule has 26 heavy (non-hydrogen) atoms. The number of benzene rings is 1. The van der Waals surface area contributed by atoms with Crippen LogP contribution in [-0.4, -0.2) is 56.0 Å². The highest BCUT2D eigenvalue weighted by molar-refractivity contribution is 8.00. The van der Waals surface area contributed by atoms with E-state index in [0.717, 1.165) is 4.90 Å². The first-order chi connectivity index (χ1) is 12.3. The average molecular weight is 397 g/mol. The molecule has 1 aromatic carbocycles. The minimum atomic E-state index is -1.47. The molecule has 3 N–H and O–H groups in total. The third-order valence-electron chi connectivity index (χ3n) is 4.06. The van der Waals surface area contributed by atoms with Gasteiger partial charge in [0.05, 0.1) is 5.03 Å². The van der Waals surface area contributed by atoms with E-state index >= 15 is 0 Å². The molecule has 2 aliphatic heterocycles. The van der Waals surface area contributed by atoms with Gasteiger partial charge in [-0.1, -0.05) is 41.9 Å². The highest BCUT2D eigenvalue weighted by Crippen LogP contribution is 2.41. The van der Waals surface area contributed by atoms with Gasteiger partial charge in [0.25, 0.3) is 5.91 Å². The van der Waals surface area contributed by atoms with E-state index in [2.05, 4.69) is 5.32 Å². The zero-order chi connectivity index (χ0) is 19.0. The van der Waals surface area contributed by atoms with Gasteiger partial charge < -0.3 is 15.5 Å². The van der Waals surface area contributed by atoms with E-state index < -0.39 is 41.1 Å². The Kier molecular flexibility index (Phi) is 4.92. The lowest BCUT2D eigenvalue weighted by Crippen LogP contribution is -2.70. The number of carboxylic acids is 2. The summed E-state index contributed by atoms with van der Waals surface area (Å²) in [7, 11) is 0. The minimum absolute atomic E-state index is 0.0459. The fourth-order valence-electron chi connectivity index (χ4n) is 2.87. The molecule has 0 aromatic heterocycles. The second-order valence-electron chi connectivity index (χ2n) is 5.64. The van der Waals surface area contributed by atoms with E-state index in [1.807, 2.05) is 0 Å². The zero-order valence-electron chi connectivity index (χ0n) is 13.1. The Morgan fingerprint density at radius 2 is 1.88 bits per heavy atom. The molecule has 1 fully saturated rings. The van der Waals surface area contributed by atoms with Gasteiger partial charge >= 0.3 is 11.9 Å². The van der Waals surface area contributed by atoms with Crippen molar-refractivity contribution in [1.82, 2.24) is 10.2 Å². The SMILES string of the molecule is O=C(O)C1=C(Cl)CS[C@@H]2C(NC(=O)C(C(=O)O)c3ccccc3)C(=O)N12. The number of hydrogen-bond acceptors (Lipinski definition) is 5. The van der Waals surface area contributed by atoms with Crippen molar-refractivity contribution in [3.63, 3.8) is 0 Å². The third kappa shape index (κ3) is 3.04. The van der Waals surface area contributed by atoms with Crippen molar-refractivity contribution < 1.29 is 29.4 Å². The van der Waals surface area contributed by atoms with Crippen LogP contribution in [0.4, 0.5) is 0 Å². The largest absolute Gasteiger partial charge is 0.480 e. The number of amides is 2. The number of nitrogens with zero attached hydrogens (tertiary/aromatic N) is 1. The zero-order valence-corrected chi connectivity index (χ0v) is 14.7. The molecule has 136 valence electrons. The molecule has 1 saturated heterocycles. The predicted molar refractivity (Wildman–Crippen MR) is 92.4 cm³/mol. The Balaban J connectivity index is 1.78. The van der Waals surface area contributed by atoms with Crippen molar-refractivity contribution in [2.24, 2.45) is 0 Å². The molecule has 2 aliphatic rings. The van der Waals surface area contributed by atoms with E-state index in [4.69, 9.17) is 11.6 Å². The molecule has 2 amide bonds. The van der Waals surface area contributed by atoms with Gasteiger partial charge in [-0.2, -0.15) is 0 Å². The highest BCUT2D eigenvalue weighted by atomic mass is 35.5. The number of nitrogens with one attached hydrogen (secondary N) is 1. The van der Waals surface area contributed by atoms with Crippen LogP contribution in [0.25, 0.3) is 0 Å². The van der Waals surface area contributed by atoms with E-state index in [1.165, 1.54) is 23.9 Å². The number of carboxylic acid groups (broad SMARTS) is 2. The topological polar surface area (TPSA) is 124 Å². The summed E-state index contributed by atoms with van der Waals surface area (Å²) in [5, 5.41) is 20.4. The molecule has 2 heterocycles. The van der Waals surface area contributed by atoms with Gasteiger partial charge in [0.1, 0.15) is 17.1 Å². The van der Waals surface area contributed by atoms with Crippen LogP contribution in [0.15, 0.2) is 41.1 Å². The number of β-lactam (4-membered cyclic amide) rings is 1. The normalized spacial score (nSPS) is 23.0. The lowest BCUT2D eigenvalue weighted by molar-refractivity contribution is -0.152. The van der Waals surface area contributed by atoms with Crippen LogP contribution in [0, 0.1) is 0 Å². The maximum atomic E-state index is 12.5. The molecular weight excluding hydrogens is 384 g/mol. The van der Waals surface area contributed by atoms with Crippen LogP contribution in [-0.2, 0) is 19.2 Å². The molecule has 1 aromatic rings. The molecule has 0 bridgehead atoms. The summed E-state index contributed by atoms with van der Waals surface area (Å²) in [4.78, 5) is 48.6. The third-order valence-corrected chi connectivity index (χ3v) is 5.82. The average Bonchev–Trinajstić information content (AvgIpc) is 2.60. The first kappa shape index (κ1) is 18.3. The van der Waals surface area contributed by atoms with Crippen LogP contribution in [0.1, 0.15) is 11.5 Å². The first-order valence-electron chi connectivity index (χ1n) is 7.47. The molecule has 3 rings (SSSR count). The Morgan fingerprint density at radius 3 is 2.46 bits per heavy atom. The van der Waals surface area contributed by atoms with Gasteiger partial charge in [-0.05, 0) is 5.56 Å². The summed E-state index contributed by atoms with van der Waals surface area (Å²) in [5.74, 6) is -5.42. The van der Waals surface area contributed by atoms with Crippen LogP contribution in [0.3, 0.4) is 0 Å². The number of aliphatic carboxylic acids is 2. The van der Waals surface area contributed by atoms with Gasteiger partial charge in [0.2, 0.25) is 5.91 Å². The van der Waals surface area contributed by atoms with Crippen LogP contribution in [0.5, 0.6) is 0 Å². The summed E-state index contributed by atoms with van der Waals surface area (Å²) in [6, 6.07) is 6.92. The van der Waals surface area contributed by atoms with Gasteiger partial charge in [-0.15, -0.1) is 11.8 Å². The molecule has 0 radical (unpaired) electrons. The standard InChI is InChI=1S/C16H13ClN2O6S/c17-8-6-26-14-10(13(21)19(14)11(8)16(24)25)18-12(20)9(15(22)23)7-4-2-1-3-5-7/h1-5,9-10,14H,6H2,(H,18,20)(H,22,23)(H,24,25)/t9?,10?,14-/m1/s1. The maximum Gasteiger partial charge on any atom is 0.353 e. The second kappa shape index (κ2) is 7.00. The van der Waals surface area contributed by atoms with E-state index in [0.29, 0.717) is 0 Å². The molecule has 8 nitrogen and oxygen atoms in total. The molecule has 2 unspecified atom stereocenters. The fourth-order valence-corrected chi connectivity index (χ4v) is 4.42. The number of carbonyl (C=O) groups excluding carboxylic acids is 2. The van der Waals surface area contributed by atoms with Crippen molar-refractivity contribution in [3.8, 4) is 0 Å². The number of rotatable bonds is 5. The number of halogens is 1. The summed E-state index contributed by atoms with van der Waals surface area (Å²) < 4.78 is 0. The predicted octanol–water partition coefficient (Wildman–Crippen LogP) is 0.790. The lowest BCUT2D eigenvalue weighted by atomic mass is 9.97. The molecule has 0 aliphatic carbocycles. The van der Waals surface area contributed by atoms with Gasteiger partial charge in [0, 0.05) is 5.75 Å². The van der Waals surface area contributed by atoms with Crippen LogP contribution >= 0.6 is 23.4 Å². The quantitative estimate of drug-likeness (QED) is 0.496. The Bertz CT molecular complexity index is 827. The minimum Gasteiger partial charge on any atom is -0.480 e. The maximum absolute atomic E-state index is 12.5. The van der Waals surface area contributed by atoms with Crippen molar-refractivity contribution in [1.29, 1.82) is 0 Å². The number of thioether (sulfide) groups is 1. The molecule has 0 spiro atoms. The smallest absolute Gasteiger partial charge is 0.353 e. The van der Waals surface area contributed by atoms with Crippen molar-refractivity contribution in [3.05, 3.63) is 46.6 Å². The number of hydrogen-bond donors (Lipinski definition) is 3. The lowest BCUT2D eigenvalue weighted by Gasteiger charge is -2.48. The van der Waals surface area contributed by atoms with Crippen molar-refractivity contribution in [2.75, 3.05) is 5.75 Å². The Labute approximate surface area is 156 Å². The number of carbonyl (C=O) groups is 4. The summed E-state index contributed by atoms with van der Waals surface area (Å²) >= 11 is 7.08. The van der Waals surface area contributed by atoms with Crippen LogP contribution in [0.2, 0.25) is 0 Å². The van der Waals surface area contributed by atoms with Gasteiger partial charge in [0.15, 0.2) is 5.92 Å². The van der Waals surface area contributed by atoms with E-state index in [1.54, 1.807) is 18.2 Å². The number of fused-ring (bicyclic) bond motifs is 1. The molecule has 10 heteroatoms. The monoisotopic (exact) mass is 396 g/mol. The summed E-state index contributed by atoms with van der Waals surface area (Å²) in [6.07, 6.45) is 0. The fraction of sp³-hybridized carbons (Fsp3) is 0.250. The van der Waals surface area contributed by atoms with Crippen molar-refractivity contribution >= 4 is 47.1 Å². The first-order valence-corrected chi connectivity index (χ1v) is 8.90. The summed E-state index contributed by atoms with van der Waals surface area (Å²) in [5.41, 5.74) is -0.0182. The van der Waals surface area contributed by atoms with Gasteiger partial charge in [-0.25, -0.2) is 4.79 Å². The molecular formula is C16H13ClN2O6S. The van der Waals surface area contributed by atoms with E-state index in [-0.39, 0.29) is 22.0 Å². The second-order valence-corrected chi connectivity index (χ2v) is 7.20. The summed E-state index contributed by atoms with van der Waals surface area (Å²) in [6.45, 7) is 0. The Hall–Kier alpha value is -2.52. The van der Waals surface area contributed by atoms with Crippen molar-refractivity contribution in [2.45, 2.75) is 17.3 Å².